The molecule has 6 heteroatoms. The standard InChI is InChI=1S/C14H26N4O2/c1-4-7-11(19)9-16-13-8-12(15-5-2)17-14(18-13)10-20-6-3/h8,11,19H,4-7,9-10H2,1-3H3,(H2,15,16,17,18). The van der Waals surface area contributed by atoms with Gasteiger partial charge in [-0.3, -0.25) is 0 Å². The largest absolute Gasteiger partial charge is 0.391 e. The molecule has 6 nitrogen and oxygen atoms in total. The summed E-state index contributed by atoms with van der Waals surface area (Å²) < 4.78 is 5.34. The lowest BCUT2D eigenvalue weighted by atomic mass is 10.2. The van der Waals surface area contributed by atoms with Crippen molar-refractivity contribution in [2.24, 2.45) is 0 Å². The lowest BCUT2D eigenvalue weighted by molar-refractivity contribution is 0.128. The highest BCUT2D eigenvalue weighted by molar-refractivity contribution is 5.47. The Hall–Kier alpha value is -1.40. The summed E-state index contributed by atoms with van der Waals surface area (Å²) >= 11 is 0. The first-order valence-corrected chi connectivity index (χ1v) is 7.31. The van der Waals surface area contributed by atoms with E-state index >= 15 is 0 Å². The van der Waals surface area contributed by atoms with Gasteiger partial charge in [0.2, 0.25) is 0 Å². The highest BCUT2D eigenvalue weighted by atomic mass is 16.5. The molecule has 0 fully saturated rings. The van der Waals surface area contributed by atoms with Crippen LogP contribution in [0.2, 0.25) is 0 Å². The average Bonchev–Trinajstić information content (AvgIpc) is 2.43. The maximum absolute atomic E-state index is 9.75. The van der Waals surface area contributed by atoms with Gasteiger partial charge in [0.15, 0.2) is 5.82 Å². The molecule has 114 valence electrons. The normalized spacial score (nSPS) is 12.2. The third kappa shape index (κ3) is 6.16. The first kappa shape index (κ1) is 16.7. The number of hydrogen-bond acceptors (Lipinski definition) is 6. The number of rotatable bonds is 10. The molecule has 20 heavy (non-hydrogen) atoms. The van der Waals surface area contributed by atoms with Crippen LogP contribution in [0.25, 0.3) is 0 Å². The van der Waals surface area contributed by atoms with Crippen LogP contribution >= 0.6 is 0 Å². The lowest BCUT2D eigenvalue weighted by Gasteiger charge is -2.13. The Bertz CT molecular complexity index is 387. The number of nitrogens with zero attached hydrogens (tertiary/aromatic N) is 2. The maximum atomic E-state index is 9.75. The van der Waals surface area contributed by atoms with Crippen molar-refractivity contribution < 1.29 is 9.84 Å². The summed E-state index contributed by atoms with van der Waals surface area (Å²) in [5, 5.41) is 16.1. The zero-order chi connectivity index (χ0) is 14.8. The summed E-state index contributed by atoms with van der Waals surface area (Å²) in [5.41, 5.74) is 0. The number of hydrogen-bond donors (Lipinski definition) is 3. The van der Waals surface area contributed by atoms with E-state index in [9.17, 15) is 5.11 Å². The zero-order valence-electron chi connectivity index (χ0n) is 12.6. The van der Waals surface area contributed by atoms with Crippen molar-refractivity contribution in [3.05, 3.63) is 11.9 Å². The fourth-order valence-electron chi connectivity index (χ4n) is 1.77. The SMILES string of the molecule is CCCC(O)CNc1cc(NCC)nc(COCC)n1. The molecule has 0 aliphatic rings. The van der Waals surface area contributed by atoms with E-state index in [1.807, 2.05) is 19.9 Å². The molecular weight excluding hydrogens is 256 g/mol. The van der Waals surface area contributed by atoms with Crippen LogP contribution in [0.3, 0.4) is 0 Å². The molecule has 0 amide bonds. The van der Waals surface area contributed by atoms with Crippen LogP contribution < -0.4 is 10.6 Å². The minimum Gasteiger partial charge on any atom is -0.391 e. The highest BCUT2D eigenvalue weighted by Crippen LogP contribution is 2.12. The second-order valence-corrected chi connectivity index (χ2v) is 4.55. The zero-order valence-corrected chi connectivity index (χ0v) is 12.6. The van der Waals surface area contributed by atoms with Gasteiger partial charge >= 0.3 is 0 Å². The van der Waals surface area contributed by atoms with Gasteiger partial charge < -0.3 is 20.5 Å². The van der Waals surface area contributed by atoms with Crippen molar-refractivity contribution in [2.45, 2.75) is 46.3 Å². The second kappa shape index (κ2) is 9.50. The van der Waals surface area contributed by atoms with Gasteiger partial charge in [-0.2, -0.15) is 0 Å². The maximum Gasteiger partial charge on any atom is 0.158 e. The van der Waals surface area contributed by atoms with E-state index in [2.05, 4.69) is 27.5 Å². The predicted octanol–water partition coefficient (Wildman–Crippen LogP) is 2.02. The summed E-state index contributed by atoms with van der Waals surface area (Å²) in [4.78, 5) is 8.76. The van der Waals surface area contributed by atoms with Gasteiger partial charge in [0.1, 0.15) is 18.2 Å². The smallest absolute Gasteiger partial charge is 0.158 e. The van der Waals surface area contributed by atoms with Crippen molar-refractivity contribution >= 4 is 11.6 Å². The van der Waals surface area contributed by atoms with Gasteiger partial charge in [-0.1, -0.05) is 13.3 Å². The molecule has 0 aromatic carbocycles. The van der Waals surface area contributed by atoms with Gasteiger partial charge in [-0.25, -0.2) is 9.97 Å². The van der Waals surface area contributed by atoms with E-state index in [1.165, 1.54) is 0 Å². The second-order valence-electron chi connectivity index (χ2n) is 4.55. The highest BCUT2D eigenvalue weighted by Gasteiger charge is 2.07. The topological polar surface area (TPSA) is 79.3 Å². The molecule has 0 bridgehead atoms. The molecule has 1 heterocycles. The molecule has 1 aromatic heterocycles. The van der Waals surface area contributed by atoms with Crippen molar-refractivity contribution in [3.8, 4) is 0 Å². The van der Waals surface area contributed by atoms with Gasteiger partial charge in [0.05, 0.1) is 6.10 Å². The average molecular weight is 282 g/mol. The van der Waals surface area contributed by atoms with Gasteiger partial charge in [0.25, 0.3) is 0 Å². The van der Waals surface area contributed by atoms with Crippen LogP contribution in [0.15, 0.2) is 6.07 Å². The van der Waals surface area contributed by atoms with Crippen molar-refractivity contribution in [1.29, 1.82) is 0 Å². The molecule has 0 saturated carbocycles. The Kier molecular flexibility index (Phi) is 7.91. The molecule has 1 rings (SSSR count). The van der Waals surface area contributed by atoms with Crippen LogP contribution in [0.1, 0.15) is 39.4 Å². The Morgan fingerprint density at radius 1 is 1.20 bits per heavy atom. The fraction of sp³-hybridized carbons (Fsp3) is 0.714. The lowest BCUT2D eigenvalue weighted by Crippen LogP contribution is -2.20. The van der Waals surface area contributed by atoms with E-state index in [-0.39, 0.29) is 6.10 Å². The summed E-state index contributed by atoms with van der Waals surface area (Å²) in [7, 11) is 0. The Morgan fingerprint density at radius 3 is 2.50 bits per heavy atom. The number of ether oxygens (including phenoxy) is 1. The third-order valence-electron chi connectivity index (χ3n) is 2.71. The number of nitrogens with one attached hydrogen (secondary N) is 2. The molecule has 0 spiro atoms. The molecule has 0 aliphatic heterocycles. The predicted molar refractivity (Wildman–Crippen MR) is 80.9 cm³/mol. The molecule has 0 radical (unpaired) electrons. The van der Waals surface area contributed by atoms with E-state index in [4.69, 9.17) is 4.74 Å². The Morgan fingerprint density at radius 2 is 1.90 bits per heavy atom. The van der Waals surface area contributed by atoms with Crippen molar-refractivity contribution in [3.63, 3.8) is 0 Å². The van der Waals surface area contributed by atoms with Crippen LogP contribution in [0.5, 0.6) is 0 Å². The minimum absolute atomic E-state index is 0.354. The summed E-state index contributed by atoms with van der Waals surface area (Å²) in [5.74, 6) is 2.11. The van der Waals surface area contributed by atoms with Gasteiger partial charge in [0, 0.05) is 25.8 Å². The van der Waals surface area contributed by atoms with Crippen molar-refractivity contribution in [1.82, 2.24) is 9.97 Å². The van der Waals surface area contributed by atoms with Gasteiger partial charge in [-0.15, -0.1) is 0 Å². The summed E-state index contributed by atoms with van der Waals surface area (Å²) in [6.07, 6.45) is 1.39. The first-order chi connectivity index (χ1) is 9.69. The fourth-order valence-corrected chi connectivity index (χ4v) is 1.77. The number of aromatic nitrogens is 2. The van der Waals surface area contributed by atoms with Gasteiger partial charge in [-0.05, 0) is 20.3 Å². The van der Waals surface area contributed by atoms with E-state index in [0.29, 0.717) is 31.4 Å². The monoisotopic (exact) mass is 282 g/mol. The molecule has 0 aliphatic carbocycles. The Labute approximate surface area is 121 Å². The molecule has 1 atom stereocenters. The number of aliphatic hydroxyl groups excluding tert-OH is 1. The number of anilines is 2. The summed E-state index contributed by atoms with van der Waals surface area (Å²) in [6, 6.07) is 1.84. The van der Waals surface area contributed by atoms with E-state index in [0.717, 1.165) is 25.2 Å². The first-order valence-electron chi connectivity index (χ1n) is 7.31. The van der Waals surface area contributed by atoms with Crippen LogP contribution in [-0.2, 0) is 11.3 Å². The quantitative estimate of drug-likeness (QED) is 0.609. The Balaban J connectivity index is 2.69. The molecular formula is C14H26N4O2. The molecule has 0 saturated heterocycles. The molecule has 1 aromatic rings. The minimum atomic E-state index is -0.354. The van der Waals surface area contributed by atoms with Crippen molar-refractivity contribution in [2.75, 3.05) is 30.3 Å². The number of aliphatic hydroxyl groups is 1. The van der Waals surface area contributed by atoms with E-state index in [1.54, 1.807) is 0 Å². The van der Waals surface area contributed by atoms with E-state index < -0.39 is 0 Å². The third-order valence-corrected chi connectivity index (χ3v) is 2.71. The molecule has 3 N–H and O–H groups in total. The van der Waals surface area contributed by atoms with Crippen LogP contribution in [-0.4, -0.2) is 40.9 Å². The molecule has 1 unspecified atom stereocenters. The van der Waals surface area contributed by atoms with Crippen LogP contribution in [0.4, 0.5) is 11.6 Å². The van der Waals surface area contributed by atoms with Crippen LogP contribution in [0, 0.1) is 0 Å². The summed E-state index contributed by atoms with van der Waals surface area (Å²) in [6.45, 7) is 8.32.